The summed E-state index contributed by atoms with van der Waals surface area (Å²) in [5, 5.41) is 2.94. The van der Waals surface area contributed by atoms with Gasteiger partial charge >= 0.3 is 0 Å². The van der Waals surface area contributed by atoms with Crippen molar-refractivity contribution in [3.8, 4) is 0 Å². The Kier molecular flexibility index (Phi) is 3.61. The van der Waals surface area contributed by atoms with E-state index in [4.69, 9.17) is 0 Å². The number of fused-ring (bicyclic) bond motifs is 1. The first-order chi connectivity index (χ1) is 8.95. The van der Waals surface area contributed by atoms with Crippen LogP contribution in [0.15, 0.2) is 12.1 Å². The molecular formula is C13H14F2N2O2. The van der Waals surface area contributed by atoms with Crippen molar-refractivity contribution in [3.63, 3.8) is 0 Å². The van der Waals surface area contributed by atoms with Crippen molar-refractivity contribution in [3.05, 3.63) is 29.3 Å². The van der Waals surface area contributed by atoms with Gasteiger partial charge in [0.25, 0.3) is 11.7 Å². The van der Waals surface area contributed by atoms with E-state index in [-0.39, 0.29) is 23.7 Å². The molecule has 1 atom stereocenters. The molecule has 0 saturated heterocycles. The Balaban J connectivity index is 2.39. The van der Waals surface area contributed by atoms with Gasteiger partial charge in [0.2, 0.25) is 0 Å². The van der Waals surface area contributed by atoms with Gasteiger partial charge in [-0.05, 0) is 25.6 Å². The minimum Gasteiger partial charge on any atom is -0.319 e. The monoisotopic (exact) mass is 268 g/mol. The second-order valence-electron chi connectivity index (χ2n) is 4.69. The first-order valence-electron chi connectivity index (χ1n) is 5.95. The van der Waals surface area contributed by atoms with Crippen LogP contribution in [-0.2, 0) is 4.79 Å². The maximum atomic E-state index is 13.8. The number of carbonyl (C=O) groups excluding carboxylic acids is 2. The lowest BCUT2D eigenvalue weighted by Crippen LogP contribution is -2.36. The van der Waals surface area contributed by atoms with Crippen LogP contribution in [0.1, 0.15) is 17.3 Å². The SMILES string of the molecule is CNCC(C)CN1C(=O)C(=O)c2cc(F)cc(F)c21. The number of carbonyl (C=O) groups is 2. The molecule has 0 fully saturated rings. The third-order valence-corrected chi connectivity index (χ3v) is 3.03. The number of halogens is 2. The molecule has 0 aromatic heterocycles. The summed E-state index contributed by atoms with van der Waals surface area (Å²) in [5.41, 5.74) is -0.307. The molecule has 1 unspecified atom stereocenters. The van der Waals surface area contributed by atoms with E-state index >= 15 is 0 Å². The highest BCUT2D eigenvalue weighted by Crippen LogP contribution is 2.33. The Morgan fingerprint density at radius 2 is 2.00 bits per heavy atom. The fourth-order valence-corrected chi connectivity index (χ4v) is 2.25. The number of nitrogens with one attached hydrogen (secondary N) is 1. The summed E-state index contributed by atoms with van der Waals surface area (Å²) in [6.07, 6.45) is 0. The van der Waals surface area contributed by atoms with Gasteiger partial charge in [-0.1, -0.05) is 6.92 Å². The number of hydrogen-bond acceptors (Lipinski definition) is 3. The Labute approximate surface area is 109 Å². The quantitative estimate of drug-likeness (QED) is 0.839. The van der Waals surface area contributed by atoms with Crippen molar-refractivity contribution < 1.29 is 18.4 Å². The summed E-state index contributed by atoms with van der Waals surface area (Å²) in [6.45, 7) is 2.70. The summed E-state index contributed by atoms with van der Waals surface area (Å²) < 4.78 is 26.9. The van der Waals surface area contributed by atoms with Crippen LogP contribution >= 0.6 is 0 Å². The number of anilines is 1. The lowest BCUT2D eigenvalue weighted by Gasteiger charge is -2.21. The van der Waals surface area contributed by atoms with Crippen molar-refractivity contribution >= 4 is 17.4 Å². The predicted octanol–water partition coefficient (Wildman–Crippen LogP) is 1.35. The predicted molar refractivity (Wildman–Crippen MR) is 66.1 cm³/mol. The van der Waals surface area contributed by atoms with Crippen LogP contribution in [0.25, 0.3) is 0 Å². The normalized spacial score (nSPS) is 15.9. The fourth-order valence-electron chi connectivity index (χ4n) is 2.25. The number of amides is 1. The topological polar surface area (TPSA) is 49.4 Å². The van der Waals surface area contributed by atoms with E-state index in [1.54, 1.807) is 7.05 Å². The first-order valence-corrected chi connectivity index (χ1v) is 5.95. The number of benzene rings is 1. The molecule has 0 aliphatic carbocycles. The number of hydrogen-bond donors (Lipinski definition) is 1. The van der Waals surface area contributed by atoms with Gasteiger partial charge < -0.3 is 10.2 Å². The van der Waals surface area contributed by atoms with Crippen molar-refractivity contribution in [2.45, 2.75) is 6.92 Å². The maximum Gasteiger partial charge on any atom is 0.299 e. The Morgan fingerprint density at radius 3 is 2.63 bits per heavy atom. The van der Waals surface area contributed by atoms with Crippen LogP contribution in [-0.4, -0.2) is 31.8 Å². The van der Waals surface area contributed by atoms with Gasteiger partial charge in [-0.25, -0.2) is 8.78 Å². The fraction of sp³-hybridized carbons (Fsp3) is 0.385. The third-order valence-electron chi connectivity index (χ3n) is 3.03. The number of rotatable bonds is 4. The van der Waals surface area contributed by atoms with E-state index in [2.05, 4.69) is 5.32 Å². The molecule has 1 aromatic rings. The average molecular weight is 268 g/mol. The molecule has 102 valence electrons. The molecule has 0 radical (unpaired) electrons. The molecule has 1 aliphatic heterocycles. The van der Waals surface area contributed by atoms with E-state index in [1.807, 2.05) is 6.92 Å². The van der Waals surface area contributed by atoms with Gasteiger partial charge in [0, 0.05) is 12.6 Å². The first kappa shape index (κ1) is 13.6. The molecule has 1 amide bonds. The molecule has 0 bridgehead atoms. The molecular weight excluding hydrogens is 254 g/mol. The van der Waals surface area contributed by atoms with Gasteiger partial charge in [-0.15, -0.1) is 0 Å². The highest BCUT2D eigenvalue weighted by Gasteiger charge is 2.39. The highest BCUT2D eigenvalue weighted by atomic mass is 19.1. The van der Waals surface area contributed by atoms with Crippen molar-refractivity contribution in [1.82, 2.24) is 5.32 Å². The van der Waals surface area contributed by atoms with E-state index in [0.29, 0.717) is 12.6 Å². The molecule has 4 nitrogen and oxygen atoms in total. The van der Waals surface area contributed by atoms with Crippen LogP contribution in [0.5, 0.6) is 0 Å². The van der Waals surface area contributed by atoms with Crippen LogP contribution in [0.4, 0.5) is 14.5 Å². The summed E-state index contributed by atoms with van der Waals surface area (Å²) in [5.74, 6) is -3.36. The van der Waals surface area contributed by atoms with Crippen LogP contribution in [0.2, 0.25) is 0 Å². The van der Waals surface area contributed by atoms with Crippen LogP contribution in [0.3, 0.4) is 0 Å². The molecule has 1 heterocycles. The maximum absolute atomic E-state index is 13.8. The van der Waals surface area contributed by atoms with Gasteiger partial charge in [-0.3, -0.25) is 9.59 Å². The standard InChI is InChI=1S/C13H14F2N2O2/c1-7(5-16-2)6-17-11-9(12(18)13(17)19)3-8(14)4-10(11)15/h3-4,7,16H,5-6H2,1-2H3. The molecule has 1 aliphatic rings. The molecule has 0 spiro atoms. The zero-order valence-electron chi connectivity index (χ0n) is 10.7. The summed E-state index contributed by atoms with van der Waals surface area (Å²) in [4.78, 5) is 24.6. The van der Waals surface area contributed by atoms with Gasteiger partial charge in [0.15, 0.2) is 5.82 Å². The minimum atomic E-state index is -0.883. The third kappa shape index (κ3) is 2.35. The van der Waals surface area contributed by atoms with Gasteiger partial charge in [0.05, 0.1) is 11.3 Å². The molecule has 0 saturated carbocycles. The van der Waals surface area contributed by atoms with Crippen LogP contribution < -0.4 is 10.2 Å². The molecule has 2 rings (SSSR count). The Hall–Kier alpha value is -1.82. The number of nitrogens with zero attached hydrogens (tertiary/aromatic N) is 1. The molecule has 6 heteroatoms. The Morgan fingerprint density at radius 1 is 1.32 bits per heavy atom. The molecule has 1 N–H and O–H groups in total. The second-order valence-corrected chi connectivity index (χ2v) is 4.69. The van der Waals surface area contributed by atoms with E-state index in [0.717, 1.165) is 11.0 Å². The summed E-state index contributed by atoms with van der Waals surface area (Å²) in [6, 6.07) is 1.59. The van der Waals surface area contributed by atoms with E-state index in [1.165, 1.54) is 0 Å². The van der Waals surface area contributed by atoms with Gasteiger partial charge in [-0.2, -0.15) is 0 Å². The van der Waals surface area contributed by atoms with E-state index < -0.39 is 23.3 Å². The van der Waals surface area contributed by atoms with Crippen LogP contribution in [0, 0.1) is 17.6 Å². The van der Waals surface area contributed by atoms with E-state index in [9.17, 15) is 18.4 Å². The zero-order valence-corrected chi connectivity index (χ0v) is 10.7. The summed E-state index contributed by atoms with van der Waals surface area (Å²) in [7, 11) is 1.76. The average Bonchev–Trinajstić information content (AvgIpc) is 2.55. The lowest BCUT2D eigenvalue weighted by atomic mass is 10.1. The largest absolute Gasteiger partial charge is 0.319 e. The van der Waals surface area contributed by atoms with Crippen molar-refractivity contribution in [2.75, 3.05) is 25.0 Å². The smallest absolute Gasteiger partial charge is 0.299 e. The highest BCUT2D eigenvalue weighted by molar-refractivity contribution is 6.52. The second kappa shape index (κ2) is 5.05. The zero-order chi connectivity index (χ0) is 14.2. The van der Waals surface area contributed by atoms with Crippen molar-refractivity contribution in [1.29, 1.82) is 0 Å². The van der Waals surface area contributed by atoms with Crippen molar-refractivity contribution in [2.24, 2.45) is 5.92 Å². The Bertz CT molecular complexity index is 546. The van der Waals surface area contributed by atoms with Gasteiger partial charge in [0.1, 0.15) is 5.82 Å². The number of ketones is 1. The number of Topliss-reactive ketones (excluding diaryl/α,β-unsaturated/α-hetero) is 1. The molecule has 1 aromatic carbocycles. The molecule has 19 heavy (non-hydrogen) atoms. The minimum absolute atomic E-state index is 0.0390. The lowest BCUT2D eigenvalue weighted by molar-refractivity contribution is -0.114. The summed E-state index contributed by atoms with van der Waals surface area (Å²) >= 11 is 0.